The van der Waals surface area contributed by atoms with Crippen LogP contribution in [0.15, 0.2) is 96.9 Å². The number of fused-ring (bicyclic) bond motifs is 3. The molecule has 0 fully saturated rings. The van der Waals surface area contributed by atoms with E-state index in [9.17, 15) is 0 Å². The lowest BCUT2D eigenvalue weighted by Gasteiger charge is -2.09. The van der Waals surface area contributed by atoms with E-state index in [-0.39, 0.29) is 29.9 Å². The molecule has 0 aliphatic rings. The maximum atomic E-state index is 8.50. The van der Waals surface area contributed by atoms with Gasteiger partial charge in [0.25, 0.3) is 0 Å². The molecule has 0 aliphatic heterocycles. The molecular formula is C24H16ClN. The quantitative estimate of drug-likeness (QED) is 0.317. The molecule has 0 bridgehead atoms. The van der Waals surface area contributed by atoms with Gasteiger partial charge >= 0.3 is 0 Å². The highest BCUT2D eigenvalue weighted by atomic mass is 35.5. The summed E-state index contributed by atoms with van der Waals surface area (Å²) in [4.78, 5) is 0. The van der Waals surface area contributed by atoms with Crippen LogP contribution < -0.4 is 0 Å². The van der Waals surface area contributed by atoms with Crippen molar-refractivity contribution in [2.24, 2.45) is 0 Å². The third-order valence-electron chi connectivity index (χ3n) is 4.54. The Balaban J connectivity index is 1.93. The van der Waals surface area contributed by atoms with E-state index in [1.165, 1.54) is 0 Å². The van der Waals surface area contributed by atoms with Crippen LogP contribution in [0.2, 0.25) is 5.02 Å². The smallest absolute Gasteiger partial charge is 0.0645 e. The van der Waals surface area contributed by atoms with Gasteiger partial charge in [0.1, 0.15) is 0 Å². The second kappa shape index (κ2) is 6.05. The fourth-order valence-electron chi connectivity index (χ4n) is 3.41. The topological polar surface area (TPSA) is 4.93 Å². The van der Waals surface area contributed by atoms with Gasteiger partial charge in [-0.25, -0.2) is 0 Å². The van der Waals surface area contributed by atoms with Gasteiger partial charge in [-0.2, -0.15) is 0 Å². The number of hydrogen-bond acceptors (Lipinski definition) is 0. The Morgan fingerprint density at radius 3 is 2.31 bits per heavy atom. The molecule has 0 aliphatic carbocycles. The zero-order chi connectivity index (χ0) is 21.9. The number of para-hydroxylation sites is 2. The van der Waals surface area contributed by atoms with Crippen LogP contribution in [0.25, 0.3) is 38.6 Å². The predicted octanol–water partition coefficient (Wildman–Crippen LogP) is 7.10. The van der Waals surface area contributed by atoms with Crippen molar-refractivity contribution >= 4 is 33.4 Å². The summed E-state index contributed by atoms with van der Waals surface area (Å²) >= 11 is 6.18. The number of nitrogens with zero attached hydrogens (tertiary/aromatic N) is 1. The monoisotopic (exact) mass is 358 g/mol. The second-order valence-electron chi connectivity index (χ2n) is 6.07. The lowest BCUT2D eigenvalue weighted by Crippen LogP contribution is -1.93. The first-order chi connectivity index (χ1) is 14.9. The van der Waals surface area contributed by atoms with Crippen LogP contribution >= 0.6 is 11.6 Å². The molecule has 0 saturated heterocycles. The minimum Gasteiger partial charge on any atom is -0.309 e. The van der Waals surface area contributed by atoms with E-state index in [0.717, 1.165) is 32.9 Å². The summed E-state index contributed by atoms with van der Waals surface area (Å²) in [5.74, 6) is 0. The van der Waals surface area contributed by atoms with Crippen molar-refractivity contribution in [3.05, 3.63) is 102 Å². The molecule has 0 N–H and O–H groups in total. The molecule has 124 valence electrons. The number of rotatable bonds is 2. The van der Waals surface area contributed by atoms with Crippen LogP contribution in [0, 0.1) is 0 Å². The van der Waals surface area contributed by atoms with Crippen molar-refractivity contribution in [1.82, 2.24) is 4.57 Å². The zero-order valence-electron chi connectivity index (χ0n) is 18.7. The van der Waals surface area contributed by atoms with Gasteiger partial charge in [0.15, 0.2) is 0 Å². The van der Waals surface area contributed by atoms with Crippen molar-refractivity contribution in [1.29, 1.82) is 0 Å². The molecule has 0 amide bonds. The summed E-state index contributed by atoms with van der Waals surface area (Å²) in [5, 5.41) is 2.51. The summed E-state index contributed by atoms with van der Waals surface area (Å²) < 4.78 is 42.9. The number of halogens is 1. The molecule has 2 heteroatoms. The van der Waals surface area contributed by atoms with Crippen molar-refractivity contribution in [3.8, 4) is 16.8 Å². The van der Waals surface area contributed by atoms with E-state index < -0.39 is 6.04 Å². The van der Waals surface area contributed by atoms with Crippen LogP contribution in [0.4, 0.5) is 0 Å². The first-order valence-corrected chi connectivity index (χ1v) is 8.62. The highest BCUT2D eigenvalue weighted by Gasteiger charge is 2.12. The maximum absolute atomic E-state index is 8.50. The Bertz CT molecular complexity index is 1480. The van der Waals surface area contributed by atoms with Crippen LogP contribution in [-0.4, -0.2) is 4.57 Å². The summed E-state index contributed by atoms with van der Waals surface area (Å²) in [6, 6.07) is 19.6. The molecule has 1 nitrogen and oxygen atoms in total. The van der Waals surface area contributed by atoms with E-state index in [0.29, 0.717) is 5.02 Å². The molecular weight excluding hydrogens is 338 g/mol. The maximum Gasteiger partial charge on any atom is 0.0645 e. The van der Waals surface area contributed by atoms with Gasteiger partial charge in [-0.15, -0.1) is 0 Å². The standard InChI is InChI=1S/C24H16ClN/c25-19-8-6-7-17(15-19)18-13-14-22-21-11-4-5-12-23(21)26(24(22)16-18)20-9-2-1-3-10-20/h1-16H/i1D,2D,3D,9D,10D. The second-order valence-corrected chi connectivity index (χ2v) is 6.50. The molecule has 1 heterocycles. The largest absolute Gasteiger partial charge is 0.309 e. The molecule has 0 spiro atoms. The van der Waals surface area contributed by atoms with Crippen LogP contribution in [-0.2, 0) is 0 Å². The van der Waals surface area contributed by atoms with Crippen LogP contribution in [0.3, 0.4) is 0 Å². The summed E-state index contributed by atoms with van der Waals surface area (Å²) in [6.07, 6.45) is 0. The summed E-state index contributed by atoms with van der Waals surface area (Å²) in [6.45, 7) is 0. The van der Waals surface area contributed by atoms with E-state index >= 15 is 0 Å². The average Bonchev–Trinajstić information content (AvgIpc) is 3.10. The third kappa shape index (κ3) is 2.40. The molecule has 5 rings (SSSR count). The van der Waals surface area contributed by atoms with Gasteiger partial charge in [-0.1, -0.05) is 72.2 Å². The van der Waals surface area contributed by atoms with Crippen molar-refractivity contribution < 1.29 is 6.85 Å². The van der Waals surface area contributed by atoms with E-state index in [2.05, 4.69) is 0 Å². The van der Waals surface area contributed by atoms with Crippen LogP contribution in [0.5, 0.6) is 0 Å². The average molecular weight is 359 g/mol. The van der Waals surface area contributed by atoms with Gasteiger partial charge in [0, 0.05) is 21.5 Å². The number of hydrogen-bond donors (Lipinski definition) is 0. The Kier molecular flexibility index (Phi) is 2.52. The highest BCUT2D eigenvalue weighted by molar-refractivity contribution is 6.30. The highest BCUT2D eigenvalue weighted by Crippen LogP contribution is 2.34. The van der Waals surface area contributed by atoms with Gasteiger partial charge in [-0.05, 0) is 47.5 Å². The normalized spacial score (nSPS) is 14.0. The van der Waals surface area contributed by atoms with Crippen molar-refractivity contribution in [2.75, 3.05) is 0 Å². The predicted molar refractivity (Wildman–Crippen MR) is 111 cm³/mol. The molecule has 0 saturated carbocycles. The summed E-state index contributed by atoms with van der Waals surface area (Å²) in [5.41, 5.74) is 3.54. The number of aromatic nitrogens is 1. The first-order valence-electron chi connectivity index (χ1n) is 10.7. The molecule has 26 heavy (non-hydrogen) atoms. The molecule has 0 atom stereocenters. The van der Waals surface area contributed by atoms with Crippen molar-refractivity contribution in [3.63, 3.8) is 0 Å². The molecule has 4 aromatic carbocycles. The van der Waals surface area contributed by atoms with Gasteiger partial charge < -0.3 is 4.57 Å². The van der Waals surface area contributed by atoms with Gasteiger partial charge in [-0.3, -0.25) is 0 Å². The molecule has 1 aromatic heterocycles. The minimum absolute atomic E-state index is 0.139. The Hall–Kier alpha value is -3.03. The zero-order valence-corrected chi connectivity index (χ0v) is 14.4. The number of benzene rings is 4. The lowest BCUT2D eigenvalue weighted by molar-refractivity contribution is 1.18. The Morgan fingerprint density at radius 1 is 0.692 bits per heavy atom. The van der Waals surface area contributed by atoms with Gasteiger partial charge in [0.05, 0.1) is 17.9 Å². The fraction of sp³-hybridized carbons (Fsp3) is 0. The Morgan fingerprint density at radius 2 is 1.46 bits per heavy atom. The SMILES string of the molecule is [2H]c1c([2H])c([2H])c(-n2c3ccccc3c3ccc(-c4cccc(Cl)c4)cc32)c([2H])c1[2H]. The van der Waals surface area contributed by atoms with E-state index in [1.54, 1.807) is 4.57 Å². The fourth-order valence-corrected chi connectivity index (χ4v) is 3.60. The van der Waals surface area contributed by atoms with Crippen molar-refractivity contribution in [2.45, 2.75) is 0 Å². The Labute approximate surface area is 164 Å². The van der Waals surface area contributed by atoms with Gasteiger partial charge in [0.2, 0.25) is 0 Å². The van der Waals surface area contributed by atoms with E-state index in [1.807, 2.05) is 66.7 Å². The van der Waals surface area contributed by atoms with Crippen LogP contribution in [0.1, 0.15) is 6.85 Å². The third-order valence-corrected chi connectivity index (χ3v) is 4.78. The summed E-state index contributed by atoms with van der Waals surface area (Å²) in [7, 11) is 0. The molecule has 5 aromatic rings. The minimum atomic E-state index is -0.404. The first kappa shape index (κ1) is 10.8. The van der Waals surface area contributed by atoms with E-state index in [4.69, 9.17) is 18.5 Å². The lowest BCUT2D eigenvalue weighted by atomic mass is 10.0. The molecule has 0 unspecified atom stereocenters. The molecule has 0 radical (unpaired) electrons.